The van der Waals surface area contributed by atoms with Crippen LogP contribution in [0.1, 0.15) is 30.9 Å². The maximum atomic E-state index is 12.9. The number of hydrogen-bond acceptors (Lipinski definition) is 8. The van der Waals surface area contributed by atoms with E-state index in [0.29, 0.717) is 48.0 Å². The van der Waals surface area contributed by atoms with E-state index >= 15 is 0 Å². The van der Waals surface area contributed by atoms with Crippen molar-refractivity contribution in [3.8, 4) is 0 Å². The third-order valence-electron chi connectivity index (χ3n) is 5.68. The van der Waals surface area contributed by atoms with Crippen LogP contribution in [0.3, 0.4) is 0 Å². The molecule has 0 bridgehead atoms. The highest BCUT2D eigenvalue weighted by molar-refractivity contribution is 7.92. The summed E-state index contributed by atoms with van der Waals surface area (Å²) in [4.78, 5) is 8.52. The Kier molecular flexibility index (Phi) is 6.99. The molecule has 1 saturated heterocycles. The summed E-state index contributed by atoms with van der Waals surface area (Å²) in [7, 11) is -3.38. The van der Waals surface area contributed by atoms with Crippen molar-refractivity contribution < 1.29 is 13.2 Å². The zero-order valence-corrected chi connectivity index (χ0v) is 19.6. The number of amidine groups is 1. The van der Waals surface area contributed by atoms with E-state index in [-0.39, 0.29) is 22.7 Å². The molecule has 34 heavy (non-hydrogen) atoms. The standard InChI is InChI=1S/C24H26N6O3S/c1-16(17-8-10-19(11-9-17)34(31,32)20-12-14-27-15-13-20)28-21(22(25)26-2)24-30-29-23(33-24)18-6-4-3-5-7-18/h3-11,20,25,27,30H,2,12-15H2,1H3. The monoisotopic (exact) mass is 478 g/mol. The van der Waals surface area contributed by atoms with Crippen LogP contribution in [-0.4, -0.2) is 50.9 Å². The summed E-state index contributed by atoms with van der Waals surface area (Å²) >= 11 is 0. The lowest BCUT2D eigenvalue weighted by molar-refractivity contribution is 0.412. The first-order chi connectivity index (χ1) is 16.4. The second-order valence-corrected chi connectivity index (χ2v) is 10.1. The van der Waals surface area contributed by atoms with Gasteiger partial charge in [0.05, 0.1) is 10.1 Å². The van der Waals surface area contributed by atoms with Crippen molar-refractivity contribution in [2.45, 2.75) is 29.9 Å². The second-order valence-electron chi connectivity index (χ2n) is 7.90. The molecule has 0 amide bonds. The first-order valence-corrected chi connectivity index (χ1v) is 12.4. The van der Waals surface area contributed by atoms with E-state index in [4.69, 9.17) is 10.1 Å². The molecule has 2 aliphatic heterocycles. The van der Waals surface area contributed by atoms with Crippen LogP contribution in [0.25, 0.3) is 0 Å². The molecule has 2 aromatic carbocycles. The molecule has 0 spiro atoms. The molecular formula is C24H26N6O3S. The van der Waals surface area contributed by atoms with Gasteiger partial charge in [0.1, 0.15) is 0 Å². The van der Waals surface area contributed by atoms with Gasteiger partial charge in [0, 0.05) is 11.3 Å². The van der Waals surface area contributed by atoms with Crippen LogP contribution < -0.4 is 10.7 Å². The fourth-order valence-electron chi connectivity index (χ4n) is 3.75. The first-order valence-electron chi connectivity index (χ1n) is 10.9. The molecule has 10 heteroatoms. The number of nitrogens with one attached hydrogen (secondary N) is 3. The van der Waals surface area contributed by atoms with E-state index < -0.39 is 9.84 Å². The molecule has 4 rings (SSSR count). The predicted octanol–water partition coefficient (Wildman–Crippen LogP) is 2.85. The summed E-state index contributed by atoms with van der Waals surface area (Å²) in [6.45, 7) is 6.61. The minimum Gasteiger partial charge on any atom is -0.417 e. The summed E-state index contributed by atoms with van der Waals surface area (Å²) in [6, 6.07) is 16.0. The van der Waals surface area contributed by atoms with E-state index in [1.54, 1.807) is 31.2 Å². The first kappa shape index (κ1) is 23.5. The Morgan fingerprint density at radius 2 is 1.79 bits per heavy atom. The second kappa shape index (κ2) is 10.1. The van der Waals surface area contributed by atoms with Crippen LogP contribution in [0.4, 0.5) is 0 Å². The van der Waals surface area contributed by atoms with Gasteiger partial charge >= 0.3 is 0 Å². The number of hydrogen-bond donors (Lipinski definition) is 3. The van der Waals surface area contributed by atoms with Crippen LogP contribution in [0.5, 0.6) is 0 Å². The van der Waals surface area contributed by atoms with Gasteiger partial charge in [-0.15, -0.1) is 5.10 Å². The highest BCUT2D eigenvalue weighted by atomic mass is 32.2. The minimum absolute atomic E-state index is 0.133. The molecule has 0 aromatic heterocycles. The van der Waals surface area contributed by atoms with Gasteiger partial charge in [-0.25, -0.2) is 23.8 Å². The molecule has 0 atom stereocenters. The van der Waals surface area contributed by atoms with Crippen molar-refractivity contribution in [2.24, 2.45) is 15.1 Å². The Labute approximate surface area is 198 Å². The SMILES string of the molecule is C=NC(=N)C(N=C(C)c1ccc(S(=O)(=O)C2CCNCC2)cc1)=C1NN=C(c2ccccc2)O1. The number of nitrogens with zero attached hydrogens (tertiary/aromatic N) is 3. The third kappa shape index (κ3) is 4.97. The highest BCUT2D eigenvalue weighted by Crippen LogP contribution is 2.23. The maximum Gasteiger partial charge on any atom is 0.245 e. The van der Waals surface area contributed by atoms with Gasteiger partial charge < -0.3 is 10.1 Å². The summed E-state index contributed by atoms with van der Waals surface area (Å²) in [5.41, 5.74) is 4.94. The van der Waals surface area contributed by atoms with Crippen LogP contribution in [0.2, 0.25) is 0 Å². The molecule has 0 unspecified atom stereocenters. The number of benzene rings is 2. The molecule has 176 valence electrons. The van der Waals surface area contributed by atoms with E-state index in [1.807, 2.05) is 30.3 Å². The zero-order chi connectivity index (χ0) is 24.1. The number of ether oxygens (including phenoxy) is 1. The maximum absolute atomic E-state index is 12.9. The fourth-order valence-corrected chi connectivity index (χ4v) is 5.51. The molecular weight excluding hydrogens is 452 g/mol. The van der Waals surface area contributed by atoms with Gasteiger partial charge in [-0.3, -0.25) is 5.41 Å². The number of piperidine rings is 1. The summed E-state index contributed by atoms with van der Waals surface area (Å²) in [5.74, 6) is 0.336. The van der Waals surface area contributed by atoms with Crippen molar-refractivity contribution in [3.05, 3.63) is 77.3 Å². The van der Waals surface area contributed by atoms with Crippen LogP contribution in [0, 0.1) is 5.41 Å². The summed E-state index contributed by atoms with van der Waals surface area (Å²) < 4.78 is 31.7. The molecule has 0 saturated carbocycles. The van der Waals surface area contributed by atoms with E-state index in [9.17, 15) is 8.42 Å². The predicted molar refractivity (Wildman–Crippen MR) is 133 cm³/mol. The Morgan fingerprint density at radius 3 is 2.44 bits per heavy atom. The van der Waals surface area contributed by atoms with Crippen molar-refractivity contribution in [3.63, 3.8) is 0 Å². The molecule has 0 radical (unpaired) electrons. The topological polar surface area (TPSA) is 128 Å². The summed E-state index contributed by atoms with van der Waals surface area (Å²) in [5, 5.41) is 15.2. The van der Waals surface area contributed by atoms with Gasteiger partial charge in [-0.05, 0) is 69.4 Å². The molecule has 3 N–H and O–H groups in total. The lowest BCUT2D eigenvalue weighted by Crippen LogP contribution is -2.35. The van der Waals surface area contributed by atoms with Gasteiger partial charge in [0.2, 0.25) is 11.8 Å². The van der Waals surface area contributed by atoms with Gasteiger partial charge in [0.15, 0.2) is 21.4 Å². The molecule has 9 nitrogen and oxygen atoms in total. The lowest BCUT2D eigenvalue weighted by atomic mass is 10.1. The lowest BCUT2D eigenvalue weighted by Gasteiger charge is -2.22. The number of rotatable bonds is 6. The van der Waals surface area contributed by atoms with Crippen LogP contribution >= 0.6 is 0 Å². The van der Waals surface area contributed by atoms with Crippen molar-refractivity contribution in [1.82, 2.24) is 10.7 Å². The Bertz CT molecular complexity index is 1280. The molecule has 2 heterocycles. The Balaban J connectivity index is 1.58. The molecule has 2 aliphatic rings. The van der Waals surface area contributed by atoms with E-state index in [0.717, 1.165) is 5.56 Å². The number of hydrazone groups is 1. The largest absolute Gasteiger partial charge is 0.417 e. The third-order valence-corrected chi connectivity index (χ3v) is 7.96. The molecule has 1 fully saturated rings. The number of aliphatic imine (C=N–C) groups is 2. The summed E-state index contributed by atoms with van der Waals surface area (Å²) in [6.07, 6.45) is 1.22. The molecule has 2 aromatic rings. The van der Waals surface area contributed by atoms with E-state index in [1.165, 1.54) is 0 Å². The quantitative estimate of drug-likeness (QED) is 0.434. The van der Waals surface area contributed by atoms with Crippen LogP contribution in [-0.2, 0) is 14.6 Å². The van der Waals surface area contributed by atoms with Gasteiger partial charge in [-0.1, -0.05) is 30.3 Å². The van der Waals surface area contributed by atoms with Gasteiger partial charge in [-0.2, -0.15) is 0 Å². The van der Waals surface area contributed by atoms with Crippen LogP contribution in [0.15, 0.2) is 86.2 Å². The minimum atomic E-state index is -3.38. The average Bonchev–Trinajstić information content (AvgIpc) is 3.38. The van der Waals surface area contributed by atoms with Crippen molar-refractivity contribution >= 4 is 34.0 Å². The smallest absolute Gasteiger partial charge is 0.245 e. The zero-order valence-electron chi connectivity index (χ0n) is 18.8. The van der Waals surface area contributed by atoms with Crippen molar-refractivity contribution in [2.75, 3.05) is 13.1 Å². The highest BCUT2D eigenvalue weighted by Gasteiger charge is 2.29. The normalized spacial score (nSPS) is 18.5. The Morgan fingerprint density at radius 1 is 1.12 bits per heavy atom. The van der Waals surface area contributed by atoms with Crippen molar-refractivity contribution in [1.29, 1.82) is 5.41 Å². The Hall–Kier alpha value is -3.63. The number of sulfone groups is 1. The molecule has 0 aliphatic carbocycles. The fraction of sp³-hybridized carbons (Fsp3) is 0.250. The average molecular weight is 479 g/mol. The van der Waals surface area contributed by atoms with Gasteiger partial charge in [0.25, 0.3) is 0 Å². The van der Waals surface area contributed by atoms with E-state index in [2.05, 4.69) is 32.5 Å².